The van der Waals surface area contributed by atoms with Crippen molar-refractivity contribution in [2.45, 2.75) is 19.4 Å². The van der Waals surface area contributed by atoms with E-state index in [1.54, 1.807) is 6.07 Å². The molecule has 2 rings (SSSR count). The summed E-state index contributed by atoms with van der Waals surface area (Å²) in [7, 11) is 0. The first-order valence-corrected chi connectivity index (χ1v) is 7.18. The Hall–Kier alpha value is -1.06. The second-order valence-electron chi connectivity index (χ2n) is 4.50. The lowest BCUT2D eigenvalue weighted by Crippen LogP contribution is -2.18. The van der Waals surface area contributed by atoms with Gasteiger partial charge in [0.1, 0.15) is 5.82 Å². The van der Waals surface area contributed by atoms with Gasteiger partial charge in [-0.1, -0.05) is 23.7 Å². The van der Waals surface area contributed by atoms with Crippen LogP contribution in [0.25, 0.3) is 0 Å². The fourth-order valence-electron chi connectivity index (χ4n) is 1.90. The highest BCUT2D eigenvalue weighted by Gasteiger charge is 2.07. The van der Waals surface area contributed by atoms with Crippen molar-refractivity contribution in [1.29, 1.82) is 0 Å². The van der Waals surface area contributed by atoms with E-state index in [1.165, 1.54) is 17.7 Å². The van der Waals surface area contributed by atoms with Gasteiger partial charge in [0.15, 0.2) is 0 Å². The lowest BCUT2D eigenvalue weighted by molar-refractivity contribution is 0.627. The molecule has 0 saturated carbocycles. The van der Waals surface area contributed by atoms with Crippen LogP contribution in [-0.4, -0.2) is 6.04 Å². The minimum atomic E-state index is -0.246. The molecular formula is C15H14BrClFN. The van der Waals surface area contributed by atoms with E-state index in [0.717, 1.165) is 21.6 Å². The Morgan fingerprint density at radius 1 is 1.21 bits per heavy atom. The Morgan fingerprint density at radius 3 is 2.58 bits per heavy atom. The highest BCUT2D eigenvalue weighted by atomic mass is 79.9. The monoisotopic (exact) mass is 341 g/mol. The summed E-state index contributed by atoms with van der Waals surface area (Å²) in [6.45, 7) is 2.06. The number of hydrogen-bond donors (Lipinski definition) is 1. The first-order valence-electron chi connectivity index (χ1n) is 6.00. The summed E-state index contributed by atoms with van der Waals surface area (Å²) >= 11 is 9.26. The fraction of sp³-hybridized carbons (Fsp3) is 0.200. The van der Waals surface area contributed by atoms with E-state index in [9.17, 15) is 4.39 Å². The molecule has 0 amide bonds. The van der Waals surface area contributed by atoms with Crippen LogP contribution in [0.15, 0.2) is 46.9 Å². The molecule has 0 spiro atoms. The summed E-state index contributed by atoms with van der Waals surface area (Å²) in [4.78, 5) is 0. The van der Waals surface area contributed by atoms with E-state index < -0.39 is 0 Å². The van der Waals surface area contributed by atoms with Crippen molar-refractivity contribution in [3.63, 3.8) is 0 Å². The van der Waals surface area contributed by atoms with Gasteiger partial charge in [-0.25, -0.2) is 4.39 Å². The lowest BCUT2D eigenvalue weighted by atomic mass is 10.1. The maximum absolute atomic E-state index is 13.2. The Morgan fingerprint density at radius 2 is 1.89 bits per heavy atom. The molecule has 2 aromatic carbocycles. The van der Waals surface area contributed by atoms with Crippen LogP contribution in [0.2, 0.25) is 5.02 Å². The second kappa shape index (κ2) is 6.40. The summed E-state index contributed by atoms with van der Waals surface area (Å²) in [5, 5.41) is 4.03. The molecular weight excluding hydrogens is 329 g/mol. The standard InChI is InChI=1S/C15H14BrClFN/c1-10(8-11-2-4-12(17)5-3-11)19-15-9-13(18)6-7-14(15)16/h2-7,9-10,19H,8H2,1H3. The molecule has 0 aliphatic rings. The van der Waals surface area contributed by atoms with Gasteiger partial charge in [0.05, 0.1) is 5.69 Å². The van der Waals surface area contributed by atoms with Gasteiger partial charge < -0.3 is 5.32 Å². The molecule has 19 heavy (non-hydrogen) atoms. The quantitative estimate of drug-likeness (QED) is 0.796. The van der Waals surface area contributed by atoms with Crippen molar-refractivity contribution in [2.24, 2.45) is 0 Å². The second-order valence-corrected chi connectivity index (χ2v) is 5.79. The SMILES string of the molecule is CC(Cc1ccc(Cl)cc1)Nc1cc(F)ccc1Br. The Bertz CT molecular complexity index is 557. The Labute approximate surface area is 125 Å². The van der Waals surface area contributed by atoms with Gasteiger partial charge in [-0.15, -0.1) is 0 Å². The van der Waals surface area contributed by atoms with Crippen molar-refractivity contribution in [3.8, 4) is 0 Å². The number of nitrogens with one attached hydrogen (secondary N) is 1. The molecule has 1 N–H and O–H groups in total. The average Bonchev–Trinajstić information content (AvgIpc) is 2.37. The molecule has 4 heteroatoms. The molecule has 0 saturated heterocycles. The largest absolute Gasteiger partial charge is 0.381 e. The van der Waals surface area contributed by atoms with Gasteiger partial charge >= 0.3 is 0 Å². The Balaban J connectivity index is 2.02. The summed E-state index contributed by atoms with van der Waals surface area (Å²) in [5.74, 6) is -0.246. The van der Waals surface area contributed by atoms with Crippen LogP contribution < -0.4 is 5.32 Å². The van der Waals surface area contributed by atoms with Crippen LogP contribution in [-0.2, 0) is 6.42 Å². The molecule has 0 bridgehead atoms. The van der Waals surface area contributed by atoms with Gasteiger partial charge in [0, 0.05) is 15.5 Å². The number of rotatable bonds is 4. The summed E-state index contributed by atoms with van der Waals surface area (Å²) in [6.07, 6.45) is 0.847. The number of anilines is 1. The van der Waals surface area contributed by atoms with E-state index in [1.807, 2.05) is 24.3 Å². The van der Waals surface area contributed by atoms with E-state index in [-0.39, 0.29) is 11.9 Å². The predicted octanol–water partition coefficient (Wildman–Crippen LogP) is 5.28. The normalized spacial score (nSPS) is 12.2. The molecule has 0 aromatic heterocycles. The smallest absolute Gasteiger partial charge is 0.125 e. The van der Waals surface area contributed by atoms with Crippen molar-refractivity contribution >= 4 is 33.2 Å². The maximum atomic E-state index is 13.2. The van der Waals surface area contributed by atoms with Crippen LogP contribution >= 0.6 is 27.5 Å². The first kappa shape index (κ1) is 14.4. The zero-order chi connectivity index (χ0) is 13.8. The zero-order valence-electron chi connectivity index (χ0n) is 10.5. The third-order valence-corrected chi connectivity index (χ3v) is 3.73. The van der Waals surface area contributed by atoms with E-state index in [2.05, 4.69) is 28.2 Å². The van der Waals surface area contributed by atoms with E-state index in [0.29, 0.717) is 0 Å². The first-order chi connectivity index (χ1) is 9.04. The minimum absolute atomic E-state index is 0.194. The van der Waals surface area contributed by atoms with Crippen LogP contribution in [0.3, 0.4) is 0 Å². The fourth-order valence-corrected chi connectivity index (χ4v) is 2.39. The molecule has 0 aliphatic heterocycles. The highest BCUT2D eigenvalue weighted by Crippen LogP contribution is 2.24. The van der Waals surface area contributed by atoms with Gasteiger partial charge in [-0.05, 0) is 65.2 Å². The highest BCUT2D eigenvalue weighted by molar-refractivity contribution is 9.10. The minimum Gasteiger partial charge on any atom is -0.381 e. The summed E-state index contributed by atoms with van der Waals surface area (Å²) in [5.41, 5.74) is 1.96. The number of halogens is 3. The molecule has 0 aliphatic carbocycles. The van der Waals surface area contributed by atoms with E-state index >= 15 is 0 Å². The van der Waals surface area contributed by atoms with Crippen LogP contribution in [0.5, 0.6) is 0 Å². The zero-order valence-corrected chi connectivity index (χ0v) is 12.8. The van der Waals surface area contributed by atoms with Crippen LogP contribution in [0.4, 0.5) is 10.1 Å². The van der Waals surface area contributed by atoms with Gasteiger partial charge in [0.25, 0.3) is 0 Å². The summed E-state index contributed by atoms with van der Waals surface area (Å²) < 4.78 is 14.1. The van der Waals surface area contributed by atoms with E-state index in [4.69, 9.17) is 11.6 Å². The van der Waals surface area contributed by atoms with Gasteiger partial charge in [-0.2, -0.15) is 0 Å². The van der Waals surface area contributed by atoms with Gasteiger partial charge in [-0.3, -0.25) is 0 Å². The van der Waals surface area contributed by atoms with Crippen molar-refractivity contribution in [2.75, 3.05) is 5.32 Å². The maximum Gasteiger partial charge on any atom is 0.125 e. The molecule has 2 aromatic rings. The van der Waals surface area contributed by atoms with Crippen LogP contribution in [0.1, 0.15) is 12.5 Å². The predicted molar refractivity (Wildman–Crippen MR) is 82.3 cm³/mol. The van der Waals surface area contributed by atoms with Crippen molar-refractivity contribution < 1.29 is 4.39 Å². The molecule has 1 unspecified atom stereocenters. The lowest BCUT2D eigenvalue weighted by Gasteiger charge is -2.16. The topological polar surface area (TPSA) is 12.0 Å². The molecule has 0 heterocycles. The number of hydrogen-bond acceptors (Lipinski definition) is 1. The molecule has 100 valence electrons. The van der Waals surface area contributed by atoms with Crippen LogP contribution in [0, 0.1) is 5.82 Å². The molecule has 1 nitrogen and oxygen atoms in total. The third-order valence-electron chi connectivity index (χ3n) is 2.79. The number of benzene rings is 2. The van der Waals surface area contributed by atoms with Gasteiger partial charge in [0.2, 0.25) is 0 Å². The van der Waals surface area contributed by atoms with Crippen molar-refractivity contribution in [3.05, 3.63) is 63.3 Å². The Kier molecular flexibility index (Phi) is 4.83. The molecule has 0 radical (unpaired) electrons. The van der Waals surface area contributed by atoms with Crippen molar-refractivity contribution in [1.82, 2.24) is 0 Å². The molecule has 0 fully saturated rings. The summed E-state index contributed by atoms with van der Waals surface area (Å²) in [6, 6.07) is 12.6. The molecule has 1 atom stereocenters. The average molecular weight is 343 g/mol. The third kappa shape index (κ3) is 4.22.